The molecule has 0 amide bonds. The van der Waals surface area contributed by atoms with Crippen molar-refractivity contribution in [2.45, 2.75) is 69.9 Å². The quantitative estimate of drug-likeness (QED) is 0.0797. The summed E-state index contributed by atoms with van der Waals surface area (Å²) in [5.74, 6) is 0.133. The first-order valence-corrected chi connectivity index (χ1v) is 14.7. The number of guanidine groups is 1. The van der Waals surface area contributed by atoms with Crippen LogP contribution in [0.5, 0.6) is 0 Å². The minimum absolute atomic E-state index is 0.0735. The van der Waals surface area contributed by atoms with Gasteiger partial charge >= 0.3 is 5.97 Å². The Morgan fingerprint density at radius 1 is 1.12 bits per heavy atom. The zero-order valence-corrected chi connectivity index (χ0v) is 23.9. The Labute approximate surface area is 242 Å². The molecule has 8 heteroatoms. The third-order valence-electron chi connectivity index (χ3n) is 8.05. The van der Waals surface area contributed by atoms with Crippen molar-refractivity contribution in [1.82, 2.24) is 4.98 Å². The topological polar surface area (TPSA) is 156 Å². The Balaban J connectivity index is 1.66. The molecule has 41 heavy (non-hydrogen) atoms. The molecule has 1 heterocycles. The summed E-state index contributed by atoms with van der Waals surface area (Å²) in [4.78, 5) is 19.2. The van der Waals surface area contributed by atoms with Crippen molar-refractivity contribution in [2.75, 3.05) is 11.9 Å². The second-order valence-electron chi connectivity index (χ2n) is 11.1. The molecule has 0 spiro atoms. The lowest BCUT2D eigenvalue weighted by atomic mass is 9.73. The number of carboxylic acids is 1. The number of carbonyl (C=O) groups is 1. The number of aromatic amines is 1. The van der Waals surface area contributed by atoms with Crippen molar-refractivity contribution < 1.29 is 9.90 Å². The van der Waals surface area contributed by atoms with Gasteiger partial charge in [0.1, 0.15) is 5.82 Å². The molecule has 2 aromatic carbocycles. The molecule has 4 atom stereocenters. The Bertz CT molecular complexity index is 1370. The molecule has 9 N–H and O–H groups in total. The number of benzene rings is 2. The second-order valence-corrected chi connectivity index (χ2v) is 11.1. The van der Waals surface area contributed by atoms with Gasteiger partial charge in [-0.05, 0) is 83.2 Å². The molecule has 3 aromatic rings. The van der Waals surface area contributed by atoms with E-state index in [0.29, 0.717) is 12.0 Å². The lowest BCUT2D eigenvalue weighted by Gasteiger charge is -2.34. The van der Waals surface area contributed by atoms with E-state index in [1.165, 1.54) is 28.0 Å². The summed E-state index contributed by atoms with van der Waals surface area (Å²) >= 11 is 0. The van der Waals surface area contributed by atoms with Gasteiger partial charge in [0.15, 0.2) is 5.96 Å². The van der Waals surface area contributed by atoms with Gasteiger partial charge in [-0.2, -0.15) is 0 Å². The minimum Gasteiger partial charge on any atom is -0.478 e. The van der Waals surface area contributed by atoms with Gasteiger partial charge < -0.3 is 32.6 Å². The van der Waals surface area contributed by atoms with Crippen molar-refractivity contribution in [1.29, 1.82) is 0 Å². The number of nitrogens with zero attached hydrogens (tertiary/aromatic N) is 1. The monoisotopic (exact) mass is 556 g/mol. The zero-order valence-electron chi connectivity index (χ0n) is 23.9. The molecule has 4 rings (SSSR count). The Morgan fingerprint density at radius 3 is 2.56 bits per heavy atom. The normalized spacial score (nSPS) is 18.0. The second kappa shape index (κ2) is 14.6. The summed E-state index contributed by atoms with van der Waals surface area (Å²) in [6.45, 7) is 2.30. The van der Waals surface area contributed by atoms with Gasteiger partial charge in [0.25, 0.3) is 0 Å². The number of aliphatic carboxylic acids is 1. The van der Waals surface area contributed by atoms with E-state index in [0.717, 1.165) is 44.3 Å². The highest BCUT2D eigenvalue weighted by atomic mass is 16.4. The molecule has 0 bridgehead atoms. The van der Waals surface area contributed by atoms with E-state index in [1.54, 1.807) is 0 Å². The van der Waals surface area contributed by atoms with Gasteiger partial charge in [-0.3, -0.25) is 0 Å². The molecule has 0 unspecified atom stereocenters. The van der Waals surface area contributed by atoms with Gasteiger partial charge in [0.05, 0.1) is 12.6 Å². The number of anilines is 1. The van der Waals surface area contributed by atoms with E-state index in [2.05, 4.69) is 70.8 Å². The van der Waals surface area contributed by atoms with Crippen LogP contribution in [0.3, 0.4) is 0 Å². The van der Waals surface area contributed by atoms with Crippen molar-refractivity contribution in [3.8, 4) is 0 Å². The molecular formula is C33H44N6O2. The molecule has 1 aliphatic rings. The standard InChI is InChI=1S/C33H44N6O2/c1-2-3-10-27(34)11-6-12-28-25(15-14-24-17-22-8-4-5-9-23(22)18-29(24)28)19-30(39-31-13-7-16-37-31)26(20-32(40)41)21-38-33(35)36/h4-5,7-9,13-18,20,25,27-28,30,37,39H,2-3,6,10-12,19,21,34H2,1H3,(H,40,41)(H4,35,36,38)/b26-20+/t25-,27-,28-,30+/m0/s1. The molecule has 0 saturated carbocycles. The number of rotatable bonds is 15. The highest BCUT2D eigenvalue weighted by Gasteiger charge is 2.30. The highest BCUT2D eigenvalue weighted by Crippen LogP contribution is 2.42. The first-order chi connectivity index (χ1) is 19.8. The summed E-state index contributed by atoms with van der Waals surface area (Å²) in [6, 6.07) is 16.8. The fraction of sp³-hybridized carbons (Fsp3) is 0.394. The molecule has 1 aromatic heterocycles. The summed E-state index contributed by atoms with van der Waals surface area (Å²) in [5.41, 5.74) is 20.9. The molecule has 0 aliphatic heterocycles. The number of nitrogens with one attached hydrogen (secondary N) is 2. The number of allylic oxidation sites excluding steroid dienone is 1. The number of aliphatic imine (C=N–C) groups is 1. The fourth-order valence-electron chi connectivity index (χ4n) is 5.94. The van der Waals surface area contributed by atoms with E-state index in [1.807, 2.05) is 18.3 Å². The van der Waals surface area contributed by atoms with E-state index in [4.69, 9.17) is 17.2 Å². The number of nitrogens with two attached hydrogens (primary N) is 3. The minimum atomic E-state index is -1.03. The molecular weight excluding hydrogens is 512 g/mol. The fourth-order valence-corrected chi connectivity index (χ4v) is 5.94. The first kappa shape index (κ1) is 29.9. The van der Waals surface area contributed by atoms with Crippen LogP contribution in [0.2, 0.25) is 0 Å². The van der Waals surface area contributed by atoms with Crippen LogP contribution in [0, 0.1) is 5.92 Å². The summed E-state index contributed by atoms with van der Waals surface area (Å²) in [5, 5.41) is 15.7. The van der Waals surface area contributed by atoms with Gasteiger partial charge in [0.2, 0.25) is 0 Å². The highest BCUT2D eigenvalue weighted by molar-refractivity contribution is 5.87. The molecule has 0 fully saturated rings. The predicted molar refractivity (Wildman–Crippen MR) is 170 cm³/mol. The van der Waals surface area contributed by atoms with Crippen molar-refractivity contribution in [3.05, 3.63) is 83.6 Å². The maximum absolute atomic E-state index is 11.8. The summed E-state index contributed by atoms with van der Waals surface area (Å²) < 4.78 is 0. The number of fused-ring (bicyclic) bond motifs is 2. The average molecular weight is 557 g/mol. The lowest BCUT2D eigenvalue weighted by molar-refractivity contribution is -0.131. The van der Waals surface area contributed by atoms with Crippen LogP contribution in [0.1, 0.15) is 68.9 Å². The van der Waals surface area contributed by atoms with E-state index < -0.39 is 5.97 Å². The predicted octanol–water partition coefficient (Wildman–Crippen LogP) is 5.74. The molecule has 218 valence electrons. The van der Waals surface area contributed by atoms with Gasteiger partial charge in [-0.1, -0.05) is 68.7 Å². The van der Waals surface area contributed by atoms with E-state index >= 15 is 0 Å². The molecule has 1 aliphatic carbocycles. The van der Waals surface area contributed by atoms with Crippen molar-refractivity contribution in [2.24, 2.45) is 28.1 Å². The Morgan fingerprint density at radius 2 is 1.88 bits per heavy atom. The lowest BCUT2D eigenvalue weighted by Crippen LogP contribution is -2.31. The number of hydrogen-bond acceptors (Lipinski definition) is 4. The Kier molecular flexibility index (Phi) is 10.6. The van der Waals surface area contributed by atoms with E-state index in [9.17, 15) is 9.90 Å². The van der Waals surface area contributed by atoms with E-state index in [-0.39, 0.29) is 36.4 Å². The number of hydrogen-bond donors (Lipinski definition) is 6. The smallest absolute Gasteiger partial charge is 0.328 e. The maximum Gasteiger partial charge on any atom is 0.328 e. The average Bonchev–Trinajstić information content (AvgIpc) is 3.46. The van der Waals surface area contributed by atoms with Gasteiger partial charge in [-0.15, -0.1) is 0 Å². The van der Waals surface area contributed by atoms with Crippen LogP contribution >= 0.6 is 0 Å². The van der Waals surface area contributed by atoms with Crippen LogP contribution in [-0.4, -0.2) is 40.6 Å². The molecule has 0 saturated heterocycles. The van der Waals surface area contributed by atoms with Gasteiger partial charge in [0, 0.05) is 18.3 Å². The zero-order chi connectivity index (χ0) is 29.2. The number of aromatic nitrogens is 1. The maximum atomic E-state index is 11.8. The molecule has 8 nitrogen and oxygen atoms in total. The Hall–Kier alpha value is -4.04. The summed E-state index contributed by atoms with van der Waals surface area (Å²) in [6.07, 6.45) is 14.7. The van der Waals surface area contributed by atoms with Crippen LogP contribution in [0.15, 0.2) is 77.4 Å². The van der Waals surface area contributed by atoms with Gasteiger partial charge in [-0.25, -0.2) is 9.79 Å². The SMILES string of the molecule is CCCC[C@H](N)CCC[C@@H]1c2cc3ccccc3cc2C=C[C@H]1C[C@@H](Nc1ccc[nH]1)/C(=C/C(=O)O)CN=C(N)N. The number of unbranched alkanes of at least 4 members (excludes halogenated alkanes) is 1. The van der Waals surface area contributed by atoms with Crippen LogP contribution in [0.25, 0.3) is 16.8 Å². The first-order valence-electron chi connectivity index (χ1n) is 14.7. The number of H-pyrrole nitrogens is 1. The van der Waals surface area contributed by atoms with Crippen LogP contribution in [0.4, 0.5) is 5.82 Å². The van der Waals surface area contributed by atoms with Crippen molar-refractivity contribution >= 4 is 34.6 Å². The number of carboxylic acid groups (broad SMARTS) is 1. The van der Waals surface area contributed by atoms with Crippen LogP contribution < -0.4 is 22.5 Å². The van der Waals surface area contributed by atoms with Crippen molar-refractivity contribution in [3.63, 3.8) is 0 Å². The third-order valence-corrected chi connectivity index (χ3v) is 8.05. The molecule has 0 radical (unpaired) electrons. The van der Waals surface area contributed by atoms with Crippen LogP contribution in [-0.2, 0) is 4.79 Å². The summed E-state index contributed by atoms with van der Waals surface area (Å²) in [7, 11) is 0. The third kappa shape index (κ3) is 8.47. The largest absolute Gasteiger partial charge is 0.478 e.